The van der Waals surface area contributed by atoms with Gasteiger partial charge in [0.15, 0.2) is 5.96 Å². The normalized spacial score (nSPS) is 15.9. The van der Waals surface area contributed by atoms with Crippen LogP contribution in [0.15, 0.2) is 33.7 Å². The van der Waals surface area contributed by atoms with E-state index < -0.39 is 0 Å². The van der Waals surface area contributed by atoms with Gasteiger partial charge in [0.25, 0.3) is 0 Å². The Labute approximate surface area is 196 Å². The van der Waals surface area contributed by atoms with Crippen molar-refractivity contribution in [3.05, 3.63) is 47.2 Å². The average Bonchev–Trinajstić information content (AvgIpc) is 3.09. The minimum Gasteiger partial charge on any atom is -0.497 e. The molecule has 0 bridgehead atoms. The first-order valence-electron chi connectivity index (χ1n) is 10.4. The minimum absolute atomic E-state index is 0. The van der Waals surface area contributed by atoms with Crippen molar-refractivity contribution in [2.45, 2.75) is 45.7 Å². The largest absolute Gasteiger partial charge is 0.497 e. The lowest BCUT2D eigenvalue weighted by Gasteiger charge is -2.35. The lowest BCUT2D eigenvalue weighted by Crippen LogP contribution is -2.44. The van der Waals surface area contributed by atoms with Gasteiger partial charge in [-0.3, -0.25) is 9.89 Å². The van der Waals surface area contributed by atoms with E-state index in [9.17, 15) is 0 Å². The highest BCUT2D eigenvalue weighted by Crippen LogP contribution is 2.25. The molecule has 0 spiro atoms. The van der Waals surface area contributed by atoms with E-state index in [0.29, 0.717) is 12.4 Å². The van der Waals surface area contributed by atoms with Crippen molar-refractivity contribution >= 4 is 29.9 Å². The Hall–Kier alpha value is -1.81. The van der Waals surface area contributed by atoms with Crippen molar-refractivity contribution in [3.8, 4) is 5.75 Å². The summed E-state index contributed by atoms with van der Waals surface area (Å²) in [5, 5.41) is 6.78. The molecule has 1 unspecified atom stereocenters. The molecule has 1 atom stereocenters. The van der Waals surface area contributed by atoms with Gasteiger partial charge in [-0.25, -0.2) is 4.98 Å². The molecule has 3 rings (SSSR count). The number of guanidine groups is 1. The summed E-state index contributed by atoms with van der Waals surface area (Å²) in [5.41, 5.74) is 2.21. The number of nitrogens with one attached hydrogen (secondary N) is 2. The first-order chi connectivity index (χ1) is 14.1. The maximum Gasteiger partial charge on any atom is 0.214 e. The topological polar surface area (TPSA) is 74.9 Å². The fourth-order valence-electron chi connectivity index (χ4n) is 3.70. The first-order valence-corrected chi connectivity index (χ1v) is 10.4. The number of benzene rings is 1. The van der Waals surface area contributed by atoms with Crippen LogP contribution in [0.1, 0.15) is 48.2 Å². The standard InChI is InChI=1S/C22H33N5O2.HI/c1-16-17(2)29-21(26-16)15-25-22(23-3)24-14-20(27-12-6-5-7-13-27)18-8-10-19(28-4)11-9-18;/h8-11,20H,5-7,12-15H2,1-4H3,(H2,23,24,25);1H. The van der Waals surface area contributed by atoms with Crippen molar-refractivity contribution in [2.24, 2.45) is 4.99 Å². The number of methoxy groups -OCH3 is 1. The lowest BCUT2D eigenvalue weighted by molar-refractivity contribution is 0.164. The summed E-state index contributed by atoms with van der Waals surface area (Å²) in [7, 11) is 3.48. The average molecular weight is 527 g/mol. The molecule has 0 saturated carbocycles. The zero-order chi connectivity index (χ0) is 20.6. The van der Waals surface area contributed by atoms with Gasteiger partial charge < -0.3 is 19.8 Å². The number of aliphatic imine (C=N–C) groups is 1. The summed E-state index contributed by atoms with van der Waals surface area (Å²) in [4.78, 5) is 11.3. The number of hydrogen-bond acceptors (Lipinski definition) is 5. The van der Waals surface area contributed by atoms with Gasteiger partial charge in [0, 0.05) is 13.6 Å². The van der Waals surface area contributed by atoms with Crippen molar-refractivity contribution in [2.75, 3.05) is 33.8 Å². The molecule has 1 aliphatic rings. The molecule has 1 aliphatic heterocycles. The fourth-order valence-corrected chi connectivity index (χ4v) is 3.70. The Bertz CT molecular complexity index is 781. The van der Waals surface area contributed by atoms with Crippen LogP contribution < -0.4 is 15.4 Å². The second-order valence-corrected chi connectivity index (χ2v) is 7.44. The molecule has 0 radical (unpaired) electrons. The third-order valence-electron chi connectivity index (χ3n) is 5.50. The maximum absolute atomic E-state index is 5.64. The van der Waals surface area contributed by atoms with Crippen LogP contribution in [0.4, 0.5) is 0 Å². The molecule has 0 aliphatic carbocycles. The van der Waals surface area contributed by atoms with Crippen molar-refractivity contribution in [3.63, 3.8) is 0 Å². The highest BCUT2D eigenvalue weighted by Gasteiger charge is 2.22. The number of nitrogens with zero attached hydrogens (tertiary/aromatic N) is 3. The van der Waals surface area contributed by atoms with E-state index in [2.05, 4.69) is 37.6 Å². The van der Waals surface area contributed by atoms with Crippen LogP contribution in [0, 0.1) is 13.8 Å². The van der Waals surface area contributed by atoms with Gasteiger partial charge in [0.2, 0.25) is 5.89 Å². The van der Waals surface area contributed by atoms with E-state index in [1.807, 2.05) is 26.0 Å². The van der Waals surface area contributed by atoms with Crippen molar-refractivity contribution in [1.29, 1.82) is 0 Å². The zero-order valence-electron chi connectivity index (χ0n) is 18.4. The van der Waals surface area contributed by atoms with E-state index in [1.54, 1.807) is 14.2 Å². The number of oxazole rings is 1. The van der Waals surface area contributed by atoms with Gasteiger partial charge in [0.05, 0.1) is 25.4 Å². The molecule has 30 heavy (non-hydrogen) atoms. The minimum atomic E-state index is 0. The van der Waals surface area contributed by atoms with E-state index >= 15 is 0 Å². The second-order valence-electron chi connectivity index (χ2n) is 7.44. The van der Waals surface area contributed by atoms with E-state index in [1.165, 1.54) is 24.8 Å². The van der Waals surface area contributed by atoms with Gasteiger partial charge >= 0.3 is 0 Å². The van der Waals surface area contributed by atoms with Crippen molar-refractivity contribution < 1.29 is 9.15 Å². The van der Waals surface area contributed by atoms with Crippen LogP contribution in [0.2, 0.25) is 0 Å². The summed E-state index contributed by atoms with van der Waals surface area (Å²) < 4.78 is 11.0. The molecule has 2 heterocycles. The molecule has 1 aromatic heterocycles. The second kappa shape index (κ2) is 12.1. The molecule has 0 amide bonds. The highest BCUT2D eigenvalue weighted by atomic mass is 127. The third-order valence-corrected chi connectivity index (χ3v) is 5.50. The molecular weight excluding hydrogens is 493 g/mol. The molecule has 2 aromatic rings. The summed E-state index contributed by atoms with van der Waals surface area (Å²) >= 11 is 0. The van der Waals surface area contributed by atoms with Crippen LogP contribution in [0.3, 0.4) is 0 Å². The Balaban J connectivity index is 0.00000320. The van der Waals surface area contributed by atoms with E-state index in [-0.39, 0.29) is 30.0 Å². The summed E-state index contributed by atoms with van der Waals surface area (Å²) in [5.74, 6) is 3.15. The lowest BCUT2D eigenvalue weighted by atomic mass is 10.0. The van der Waals surface area contributed by atoms with Gasteiger partial charge in [-0.05, 0) is 57.5 Å². The van der Waals surface area contributed by atoms with Crippen LogP contribution in [0.5, 0.6) is 5.75 Å². The Morgan fingerprint density at radius 2 is 1.87 bits per heavy atom. The van der Waals surface area contributed by atoms with E-state index in [4.69, 9.17) is 9.15 Å². The molecule has 2 N–H and O–H groups in total. The zero-order valence-corrected chi connectivity index (χ0v) is 20.7. The van der Waals surface area contributed by atoms with Gasteiger partial charge in [-0.2, -0.15) is 0 Å². The number of likely N-dealkylation sites (tertiary alicyclic amines) is 1. The molecule has 7 nitrogen and oxygen atoms in total. The van der Waals surface area contributed by atoms with Crippen LogP contribution >= 0.6 is 24.0 Å². The predicted molar refractivity (Wildman–Crippen MR) is 131 cm³/mol. The van der Waals surface area contributed by atoms with Gasteiger partial charge in [-0.1, -0.05) is 18.6 Å². The molecule has 166 valence electrons. The number of aromatic nitrogens is 1. The monoisotopic (exact) mass is 527 g/mol. The Morgan fingerprint density at radius 3 is 2.43 bits per heavy atom. The number of rotatable bonds is 7. The first kappa shape index (κ1) is 24.5. The van der Waals surface area contributed by atoms with Crippen LogP contribution in [0.25, 0.3) is 0 Å². The molecular formula is C22H34IN5O2. The Kier molecular flexibility index (Phi) is 9.90. The molecule has 1 aromatic carbocycles. The van der Waals surface area contributed by atoms with Gasteiger partial charge in [0.1, 0.15) is 11.5 Å². The number of halogens is 1. The summed E-state index contributed by atoms with van der Waals surface area (Å²) in [6.07, 6.45) is 3.82. The van der Waals surface area contributed by atoms with Gasteiger partial charge in [-0.15, -0.1) is 24.0 Å². The van der Waals surface area contributed by atoms with Crippen LogP contribution in [-0.2, 0) is 6.54 Å². The number of aryl methyl sites for hydroxylation is 2. The summed E-state index contributed by atoms with van der Waals surface area (Å²) in [6.45, 7) is 7.41. The maximum atomic E-state index is 5.64. The highest BCUT2D eigenvalue weighted by molar-refractivity contribution is 14.0. The number of ether oxygens (including phenoxy) is 1. The molecule has 1 fully saturated rings. The predicted octanol–water partition coefficient (Wildman–Crippen LogP) is 3.81. The molecule has 8 heteroatoms. The smallest absolute Gasteiger partial charge is 0.214 e. The SMILES string of the molecule is CN=C(NCc1nc(C)c(C)o1)NCC(c1ccc(OC)cc1)N1CCCCC1.I. The number of piperidine rings is 1. The quantitative estimate of drug-likeness (QED) is 0.324. The molecule has 1 saturated heterocycles. The van der Waals surface area contributed by atoms with Crippen LogP contribution in [-0.4, -0.2) is 49.6 Å². The van der Waals surface area contributed by atoms with E-state index in [0.717, 1.165) is 42.8 Å². The fraction of sp³-hybridized carbons (Fsp3) is 0.545. The van der Waals surface area contributed by atoms with Crippen molar-refractivity contribution in [1.82, 2.24) is 20.5 Å². The summed E-state index contributed by atoms with van der Waals surface area (Å²) in [6, 6.07) is 8.67. The number of hydrogen-bond donors (Lipinski definition) is 2. The Morgan fingerprint density at radius 1 is 1.17 bits per heavy atom. The third kappa shape index (κ3) is 6.60.